The number of ether oxygens (including phenoxy) is 3. The Morgan fingerprint density at radius 3 is 1.75 bits per heavy atom. The molecule has 0 amide bonds. The van der Waals surface area contributed by atoms with Crippen LogP contribution in [0.15, 0.2) is 0 Å². The highest BCUT2D eigenvalue weighted by Gasteiger charge is 2.34. The summed E-state index contributed by atoms with van der Waals surface area (Å²) < 4.78 is 15.5. The van der Waals surface area contributed by atoms with Crippen LogP contribution in [0, 0.1) is 0 Å². The normalized spacial score (nSPS) is 15.2. The summed E-state index contributed by atoms with van der Waals surface area (Å²) in [4.78, 5) is 0.00463. The van der Waals surface area contributed by atoms with E-state index in [9.17, 15) is 0 Å². The molecule has 0 saturated heterocycles. The first-order chi connectivity index (χ1) is 5.49. The molecule has 4 heteroatoms. The highest BCUT2D eigenvalue weighted by atomic mass is 79.9. The molecule has 0 saturated carbocycles. The standard InChI is InChI=1S/C8H17BrO3/c1-8(2,12-5)6(9)7(10-3)11-4/h6-7H,1-5H3. The van der Waals surface area contributed by atoms with Crippen molar-refractivity contribution in [3.63, 3.8) is 0 Å². The van der Waals surface area contributed by atoms with E-state index in [2.05, 4.69) is 15.9 Å². The predicted molar refractivity (Wildman–Crippen MR) is 51.6 cm³/mol. The van der Waals surface area contributed by atoms with Crippen LogP contribution in [0.4, 0.5) is 0 Å². The summed E-state index contributed by atoms with van der Waals surface area (Å²) in [5.41, 5.74) is -0.309. The second-order valence-electron chi connectivity index (χ2n) is 3.05. The molecule has 0 fully saturated rings. The van der Waals surface area contributed by atoms with Crippen molar-refractivity contribution in [2.45, 2.75) is 30.6 Å². The SMILES string of the molecule is COC(OC)C(Br)C(C)(C)OC. The molecule has 12 heavy (non-hydrogen) atoms. The smallest absolute Gasteiger partial charge is 0.171 e. The maximum atomic E-state index is 5.28. The topological polar surface area (TPSA) is 27.7 Å². The van der Waals surface area contributed by atoms with E-state index in [-0.39, 0.29) is 16.7 Å². The minimum atomic E-state index is -0.309. The van der Waals surface area contributed by atoms with Crippen molar-refractivity contribution >= 4 is 15.9 Å². The van der Waals surface area contributed by atoms with Crippen LogP contribution in [0.2, 0.25) is 0 Å². The highest BCUT2D eigenvalue weighted by Crippen LogP contribution is 2.25. The fourth-order valence-electron chi connectivity index (χ4n) is 0.775. The number of methoxy groups -OCH3 is 3. The van der Waals surface area contributed by atoms with Gasteiger partial charge in [-0.2, -0.15) is 0 Å². The summed E-state index contributed by atoms with van der Waals surface area (Å²) in [6.07, 6.45) is -0.292. The Labute approximate surface area is 82.5 Å². The third-order valence-electron chi connectivity index (χ3n) is 1.89. The van der Waals surface area contributed by atoms with Gasteiger partial charge in [-0.25, -0.2) is 0 Å². The fraction of sp³-hybridized carbons (Fsp3) is 1.00. The van der Waals surface area contributed by atoms with E-state index in [1.165, 1.54) is 0 Å². The third-order valence-corrected chi connectivity index (χ3v) is 3.43. The van der Waals surface area contributed by atoms with E-state index in [1.54, 1.807) is 21.3 Å². The highest BCUT2D eigenvalue weighted by molar-refractivity contribution is 9.09. The van der Waals surface area contributed by atoms with Crippen LogP contribution in [0.3, 0.4) is 0 Å². The summed E-state index contributed by atoms with van der Waals surface area (Å²) in [5, 5.41) is 0. The van der Waals surface area contributed by atoms with E-state index in [4.69, 9.17) is 14.2 Å². The van der Waals surface area contributed by atoms with Gasteiger partial charge in [0.2, 0.25) is 0 Å². The zero-order valence-corrected chi connectivity index (χ0v) is 9.84. The summed E-state index contributed by atoms with van der Waals surface area (Å²) >= 11 is 3.47. The van der Waals surface area contributed by atoms with Crippen LogP contribution in [0.5, 0.6) is 0 Å². The molecule has 0 aromatic rings. The Bertz CT molecular complexity index is 123. The molecular weight excluding hydrogens is 224 g/mol. The summed E-state index contributed by atoms with van der Waals surface area (Å²) in [6.45, 7) is 3.94. The molecule has 74 valence electrons. The van der Waals surface area contributed by atoms with Gasteiger partial charge in [-0.15, -0.1) is 0 Å². The monoisotopic (exact) mass is 240 g/mol. The van der Waals surface area contributed by atoms with Crippen LogP contribution in [-0.4, -0.2) is 38.0 Å². The van der Waals surface area contributed by atoms with Crippen molar-refractivity contribution in [1.82, 2.24) is 0 Å². The van der Waals surface area contributed by atoms with Gasteiger partial charge < -0.3 is 14.2 Å². The fourth-order valence-corrected chi connectivity index (χ4v) is 1.39. The van der Waals surface area contributed by atoms with Crippen molar-refractivity contribution < 1.29 is 14.2 Å². The van der Waals surface area contributed by atoms with Gasteiger partial charge in [-0.3, -0.25) is 0 Å². The van der Waals surface area contributed by atoms with Crippen LogP contribution in [0.1, 0.15) is 13.8 Å². The quantitative estimate of drug-likeness (QED) is 0.542. The van der Waals surface area contributed by atoms with Gasteiger partial charge in [0, 0.05) is 21.3 Å². The predicted octanol–water partition coefficient (Wildman–Crippen LogP) is 1.79. The van der Waals surface area contributed by atoms with Gasteiger partial charge in [0.05, 0.1) is 10.4 Å². The summed E-state index contributed by atoms with van der Waals surface area (Å²) in [7, 11) is 4.87. The molecule has 0 aromatic heterocycles. The third kappa shape index (κ3) is 3.01. The van der Waals surface area contributed by atoms with Gasteiger partial charge in [0.15, 0.2) is 6.29 Å². The number of alkyl halides is 1. The Morgan fingerprint density at radius 2 is 1.50 bits per heavy atom. The second kappa shape index (κ2) is 5.17. The molecule has 0 aliphatic carbocycles. The first kappa shape index (κ1) is 12.4. The molecule has 0 aromatic carbocycles. The molecule has 0 radical (unpaired) electrons. The largest absolute Gasteiger partial charge is 0.377 e. The van der Waals surface area contributed by atoms with Crippen LogP contribution in [0.25, 0.3) is 0 Å². The Morgan fingerprint density at radius 1 is 1.08 bits per heavy atom. The lowest BCUT2D eigenvalue weighted by atomic mass is 10.1. The van der Waals surface area contributed by atoms with Crippen molar-refractivity contribution in [3.05, 3.63) is 0 Å². The van der Waals surface area contributed by atoms with E-state index in [1.807, 2.05) is 13.8 Å². The Kier molecular flexibility index (Phi) is 5.32. The van der Waals surface area contributed by atoms with E-state index in [0.717, 1.165) is 0 Å². The molecule has 0 aliphatic rings. The molecule has 1 unspecified atom stereocenters. The van der Waals surface area contributed by atoms with Crippen LogP contribution in [-0.2, 0) is 14.2 Å². The summed E-state index contributed by atoms with van der Waals surface area (Å²) in [5.74, 6) is 0. The van der Waals surface area contributed by atoms with Gasteiger partial charge in [-0.05, 0) is 13.8 Å². The first-order valence-corrected chi connectivity index (χ1v) is 4.66. The molecular formula is C8H17BrO3. The molecule has 0 rings (SSSR count). The average Bonchev–Trinajstić information content (AvgIpc) is 2.06. The van der Waals surface area contributed by atoms with Crippen molar-refractivity contribution in [3.8, 4) is 0 Å². The minimum absolute atomic E-state index is 0.00463. The Balaban J connectivity index is 4.23. The van der Waals surface area contributed by atoms with E-state index >= 15 is 0 Å². The molecule has 0 heterocycles. The van der Waals surface area contributed by atoms with Gasteiger partial charge in [0.25, 0.3) is 0 Å². The first-order valence-electron chi connectivity index (χ1n) is 3.74. The number of hydrogen-bond acceptors (Lipinski definition) is 3. The molecule has 1 atom stereocenters. The lowest BCUT2D eigenvalue weighted by molar-refractivity contribution is -0.135. The van der Waals surface area contributed by atoms with Crippen molar-refractivity contribution in [2.75, 3.05) is 21.3 Å². The maximum absolute atomic E-state index is 5.28. The zero-order valence-electron chi connectivity index (χ0n) is 8.26. The summed E-state index contributed by atoms with van der Waals surface area (Å²) in [6, 6.07) is 0. The van der Waals surface area contributed by atoms with Crippen LogP contribution < -0.4 is 0 Å². The minimum Gasteiger partial charge on any atom is -0.377 e. The Hall–Kier alpha value is 0.360. The van der Waals surface area contributed by atoms with Crippen molar-refractivity contribution in [2.24, 2.45) is 0 Å². The molecule has 3 nitrogen and oxygen atoms in total. The maximum Gasteiger partial charge on any atom is 0.171 e. The van der Waals surface area contributed by atoms with Crippen molar-refractivity contribution in [1.29, 1.82) is 0 Å². The molecule has 0 aliphatic heterocycles. The second-order valence-corrected chi connectivity index (χ2v) is 4.04. The average molecular weight is 241 g/mol. The van der Waals surface area contributed by atoms with E-state index < -0.39 is 0 Å². The molecule has 0 N–H and O–H groups in total. The number of hydrogen-bond donors (Lipinski definition) is 0. The molecule has 0 bridgehead atoms. The number of halogens is 1. The van der Waals surface area contributed by atoms with Crippen LogP contribution >= 0.6 is 15.9 Å². The van der Waals surface area contributed by atoms with Gasteiger partial charge in [0.1, 0.15) is 0 Å². The zero-order chi connectivity index (χ0) is 9.78. The lowest BCUT2D eigenvalue weighted by Gasteiger charge is -2.32. The lowest BCUT2D eigenvalue weighted by Crippen LogP contribution is -2.43. The van der Waals surface area contributed by atoms with E-state index in [0.29, 0.717) is 0 Å². The van der Waals surface area contributed by atoms with Gasteiger partial charge in [-0.1, -0.05) is 15.9 Å². The molecule has 0 spiro atoms. The number of rotatable bonds is 5. The van der Waals surface area contributed by atoms with Gasteiger partial charge >= 0.3 is 0 Å².